The largest absolute Gasteiger partial charge is 0.326 e. The van der Waals surface area contributed by atoms with Gasteiger partial charge in [0.1, 0.15) is 0 Å². The van der Waals surface area contributed by atoms with Crippen molar-refractivity contribution in [3.05, 3.63) is 50.7 Å². The number of benzene rings is 1. The highest BCUT2D eigenvalue weighted by Crippen LogP contribution is 2.28. The highest BCUT2D eigenvalue weighted by Gasteiger charge is 2.21. The minimum absolute atomic E-state index is 0.264. The molecule has 0 saturated heterocycles. The van der Waals surface area contributed by atoms with Gasteiger partial charge in [-0.25, -0.2) is 13.1 Å². The second kappa shape index (κ2) is 6.46. The number of hydrogen-bond acceptors (Lipinski definition) is 4. The highest BCUT2D eigenvalue weighted by molar-refractivity contribution is 7.89. The Bertz CT molecular complexity index is 741. The van der Waals surface area contributed by atoms with Crippen molar-refractivity contribution in [2.75, 3.05) is 0 Å². The first-order valence-electron chi connectivity index (χ1n) is 6.40. The Morgan fingerprint density at radius 3 is 2.62 bits per heavy atom. The summed E-state index contributed by atoms with van der Waals surface area (Å²) in [6, 6.07) is 8.45. The number of halogens is 1. The van der Waals surface area contributed by atoms with Crippen molar-refractivity contribution in [2.45, 2.75) is 31.3 Å². The van der Waals surface area contributed by atoms with Crippen molar-refractivity contribution in [2.24, 2.45) is 5.73 Å². The topological polar surface area (TPSA) is 72.2 Å². The highest BCUT2D eigenvalue weighted by atomic mass is 35.5. The molecule has 0 amide bonds. The van der Waals surface area contributed by atoms with Gasteiger partial charge in [0, 0.05) is 11.4 Å². The van der Waals surface area contributed by atoms with E-state index in [9.17, 15) is 8.42 Å². The molecule has 1 atom stereocenters. The normalized spacial score (nSPS) is 13.3. The Kier molecular flexibility index (Phi) is 5.06. The van der Waals surface area contributed by atoms with Crippen molar-refractivity contribution >= 4 is 33.0 Å². The van der Waals surface area contributed by atoms with E-state index < -0.39 is 10.0 Å². The summed E-state index contributed by atoms with van der Waals surface area (Å²) in [6.45, 7) is 3.86. The molecule has 0 fully saturated rings. The molecule has 0 radical (unpaired) electrons. The van der Waals surface area contributed by atoms with Crippen molar-refractivity contribution in [3.8, 4) is 0 Å². The van der Waals surface area contributed by atoms with Crippen LogP contribution in [0, 0.1) is 6.92 Å². The van der Waals surface area contributed by atoms with E-state index in [0.29, 0.717) is 16.4 Å². The van der Waals surface area contributed by atoms with E-state index in [1.54, 1.807) is 32.0 Å². The summed E-state index contributed by atoms with van der Waals surface area (Å²) in [4.78, 5) is 1.14. The lowest BCUT2D eigenvalue weighted by atomic mass is 10.1. The standard InChI is InChI=1S/C14H17ClN2O2S2/c1-9-3-4-11(8-16)7-13(9)21(18,19)17-10(2)12-5-6-14(15)20-12/h3-7,10,17H,8,16H2,1-2H3. The molecule has 1 heterocycles. The summed E-state index contributed by atoms with van der Waals surface area (Å²) in [5, 5.41) is 0. The van der Waals surface area contributed by atoms with Crippen molar-refractivity contribution in [3.63, 3.8) is 0 Å². The van der Waals surface area contributed by atoms with E-state index in [0.717, 1.165) is 10.4 Å². The average Bonchev–Trinajstić information content (AvgIpc) is 2.85. The van der Waals surface area contributed by atoms with Crippen LogP contribution in [0.25, 0.3) is 0 Å². The molecule has 4 nitrogen and oxygen atoms in total. The third kappa shape index (κ3) is 3.84. The quantitative estimate of drug-likeness (QED) is 0.874. The van der Waals surface area contributed by atoms with E-state index in [-0.39, 0.29) is 10.9 Å². The lowest BCUT2D eigenvalue weighted by molar-refractivity contribution is 0.568. The number of aryl methyl sites for hydroxylation is 1. The molecule has 0 saturated carbocycles. The molecule has 114 valence electrons. The molecule has 2 aromatic rings. The van der Waals surface area contributed by atoms with E-state index in [2.05, 4.69) is 4.72 Å². The third-order valence-corrected chi connectivity index (χ3v) is 6.23. The molecule has 0 bridgehead atoms. The Morgan fingerprint density at radius 2 is 2.05 bits per heavy atom. The lowest BCUT2D eigenvalue weighted by Crippen LogP contribution is -2.27. The first-order valence-corrected chi connectivity index (χ1v) is 9.08. The van der Waals surface area contributed by atoms with Crippen LogP contribution in [-0.4, -0.2) is 8.42 Å². The van der Waals surface area contributed by atoms with Crippen LogP contribution in [0.3, 0.4) is 0 Å². The predicted octanol–water partition coefficient (Wildman–Crippen LogP) is 3.21. The Hall–Kier alpha value is -0.920. The molecule has 3 N–H and O–H groups in total. The summed E-state index contributed by atoms with van der Waals surface area (Å²) in [5.41, 5.74) is 7.05. The number of nitrogens with two attached hydrogens (primary N) is 1. The van der Waals surface area contributed by atoms with Crippen molar-refractivity contribution < 1.29 is 8.42 Å². The van der Waals surface area contributed by atoms with Crippen LogP contribution in [0.2, 0.25) is 4.34 Å². The van der Waals surface area contributed by atoms with Gasteiger partial charge in [-0.2, -0.15) is 0 Å². The second-order valence-corrected chi connectivity index (χ2v) is 8.22. The molecule has 1 aromatic carbocycles. The van der Waals surface area contributed by atoms with Crippen LogP contribution in [0.5, 0.6) is 0 Å². The van der Waals surface area contributed by atoms with Crippen molar-refractivity contribution in [1.82, 2.24) is 4.72 Å². The second-order valence-electron chi connectivity index (χ2n) is 4.79. The summed E-state index contributed by atoms with van der Waals surface area (Å²) in [7, 11) is -3.60. The first kappa shape index (κ1) is 16.5. The molecule has 7 heteroatoms. The maximum absolute atomic E-state index is 12.5. The van der Waals surface area contributed by atoms with E-state index in [4.69, 9.17) is 17.3 Å². The van der Waals surface area contributed by atoms with Crippen LogP contribution >= 0.6 is 22.9 Å². The number of hydrogen-bond donors (Lipinski definition) is 2. The molecule has 0 aliphatic carbocycles. The van der Waals surface area contributed by atoms with E-state index in [1.165, 1.54) is 11.3 Å². The predicted molar refractivity (Wildman–Crippen MR) is 87.1 cm³/mol. The minimum atomic E-state index is -3.60. The van der Waals surface area contributed by atoms with Gasteiger partial charge in [-0.1, -0.05) is 23.7 Å². The molecule has 21 heavy (non-hydrogen) atoms. The smallest absolute Gasteiger partial charge is 0.241 e. The molecule has 1 unspecified atom stereocenters. The molecule has 1 aromatic heterocycles. The van der Waals surface area contributed by atoms with Crippen LogP contribution in [0.15, 0.2) is 35.2 Å². The van der Waals surface area contributed by atoms with Gasteiger partial charge in [0.15, 0.2) is 0 Å². The molecular weight excluding hydrogens is 328 g/mol. The summed E-state index contributed by atoms with van der Waals surface area (Å²) in [5.74, 6) is 0. The Morgan fingerprint density at radius 1 is 1.33 bits per heavy atom. The fourth-order valence-corrected chi connectivity index (χ4v) is 4.63. The summed E-state index contributed by atoms with van der Waals surface area (Å²) < 4.78 is 28.4. The van der Waals surface area contributed by atoms with Crippen molar-refractivity contribution in [1.29, 1.82) is 0 Å². The summed E-state index contributed by atoms with van der Waals surface area (Å²) in [6.07, 6.45) is 0. The number of nitrogens with one attached hydrogen (secondary N) is 1. The third-order valence-electron chi connectivity index (χ3n) is 3.13. The van der Waals surface area contributed by atoms with Crippen LogP contribution in [0.1, 0.15) is 29.0 Å². The molecule has 2 rings (SSSR count). The van der Waals surface area contributed by atoms with Gasteiger partial charge in [0.05, 0.1) is 15.3 Å². The molecule has 0 aliphatic rings. The van der Waals surface area contributed by atoms with Crippen LogP contribution < -0.4 is 10.5 Å². The van der Waals surface area contributed by atoms with Crippen LogP contribution in [0.4, 0.5) is 0 Å². The van der Waals surface area contributed by atoms with Gasteiger partial charge in [0.2, 0.25) is 10.0 Å². The van der Waals surface area contributed by atoms with Gasteiger partial charge in [-0.15, -0.1) is 11.3 Å². The summed E-state index contributed by atoms with van der Waals surface area (Å²) >= 11 is 7.25. The first-order chi connectivity index (χ1) is 9.83. The van der Waals surface area contributed by atoms with Gasteiger partial charge < -0.3 is 5.73 Å². The van der Waals surface area contributed by atoms with Gasteiger partial charge >= 0.3 is 0 Å². The SMILES string of the molecule is Cc1ccc(CN)cc1S(=O)(=O)NC(C)c1ccc(Cl)s1. The fraction of sp³-hybridized carbons (Fsp3) is 0.286. The van der Waals surface area contributed by atoms with Gasteiger partial charge in [-0.3, -0.25) is 0 Å². The molecular formula is C14H17ClN2O2S2. The maximum atomic E-state index is 12.5. The lowest BCUT2D eigenvalue weighted by Gasteiger charge is -2.15. The van der Waals surface area contributed by atoms with E-state index in [1.807, 2.05) is 12.1 Å². The number of sulfonamides is 1. The zero-order chi connectivity index (χ0) is 15.6. The fourth-order valence-electron chi connectivity index (χ4n) is 1.98. The van der Waals surface area contributed by atoms with Crippen LogP contribution in [-0.2, 0) is 16.6 Å². The molecule has 0 aliphatic heterocycles. The molecule has 0 spiro atoms. The monoisotopic (exact) mass is 344 g/mol. The Balaban J connectivity index is 2.30. The van der Waals surface area contributed by atoms with Gasteiger partial charge in [0.25, 0.3) is 0 Å². The number of thiophene rings is 1. The maximum Gasteiger partial charge on any atom is 0.241 e. The number of rotatable bonds is 5. The minimum Gasteiger partial charge on any atom is -0.326 e. The average molecular weight is 345 g/mol. The van der Waals surface area contributed by atoms with Gasteiger partial charge in [-0.05, 0) is 43.2 Å². The Labute approximate surface area is 134 Å². The van der Waals surface area contributed by atoms with E-state index >= 15 is 0 Å². The zero-order valence-corrected chi connectivity index (χ0v) is 14.1. The zero-order valence-electron chi connectivity index (χ0n) is 11.8.